The van der Waals surface area contributed by atoms with Crippen molar-refractivity contribution in [3.05, 3.63) is 132 Å². The number of aryl methyl sites for hydroxylation is 1. The molecule has 0 saturated heterocycles. The van der Waals surface area contributed by atoms with E-state index in [0.29, 0.717) is 23.4 Å². The zero-order valence-corrected chi connectivity index (χ0v) is 40.5. The Balaban J connectivity index is 1.02. The molecule has 6 rings (SSSR count). The van der Waals surface area contributed by atoms with Crippen LogP contribution in [0, 0.1) is 6.92 Å². The van der Waals surface area contributed by atoms with Crippen molar-refractivity contribution in [2.24, 2.45) is 0 Å². The van der Waals surface area contributed by atoms with Gasteiger partial charge in [-0.25, -0.2) is 36.8 Å². The summed E-state index contributed by atoms with van der Waals surface area (Å²) in [6.45, 7) is 6.88. The number of nitrogen functional groups attached to an aromatic ring is 2. The van der Waals surface area contributed by atoms with Crippen molar-refractivity contribution in [1.29, 1.82) is 0 Å². The van der Waals surface area contributed by atoms with E-state index in [0.717, 1.165) is 16.7 Å². The second-order valence-electron chi connectivity index (χ2n) is 15.2. The number of hydrogen-bond acceptors (Lipinski definition) is 16. The smallest absolute Gasteiger partial charge is 0.278 e. The lowest BCUT2D eigenvalue weighted by molar-refractivity contribution is 0.101. The van der Waals surface area contributed by atoms with Crippen LogP contribution in [0.15, 0.2) is 119 Å². The monoisotopic (exact) mass is 988 g/mol. The van der Waals surface area contributed by atoms with E-state index in [2.05, 4.69) is 30.6 Å². The van der Waals surface area contributed by atoms with E-state index >= 15 is 0 Å². The van der Waals surface area contributed by atoms with Gasteiger partial charge in [-0.2, -0.15) is 0 Å². The van der Waals surface area contributed by atoms with Crippen molar-refractivity contribution in [2.45, 2.75) is 43.9 Å². The molecule has 0 aliphatic carbocycles. The summed E-state index contributed by atoms with van der Waals surface area (Å²) >= 11 is 0. The Morgan fingerprint density at radius 1 is 0.597 bits per heavy atom. The Kier molecular flexibility index (Phi) is 15.9. The molecule has 0 aliphatic heterocycles. The summed E-state index contributed by atoms with van der Waals surface area (Å²) in [6.07, 6.45) is 3.22. The first kappa shape index (κ1) is 50.3. The predicted octanol–water partition coefficient (Wildman–Crippen LogP) is 7.93. The van der Waals surface area contributed by atoms with Gasteiger partial charge in [-0.05, 0) is 74.4 Å². The van der Waals surface area contributed by atoms with Crippen molar-refractivity contribution >= 4 is 69.2 Å². The number of nitrogens with two attached hydrogens (primary N) is 2. The number of sulfone groups is 2. The molecule has 2 heterocycles. The minimum atomic E-state index is -4.08. The summed E-state index contributed by atoms with van der Waals surface area (Å²) < 4.78 is 90.4. The highest BCUT2D eigenvalue weighted by molar-refractivity contribution is 7.98. The molecular formula is C45H50N8O10P2S2. The van der Waals surface area contributed by atoms with Crippen molar-refractivity contribution in [2.75, 3.05) is 58.6 Å². The number of carbonyl (C=O) groups is 2. The summed E-state index contributed by atoms with van der Waals surface area (Å²) in [6, 6.07) is 25.3. The van der Waals surface area contributed by atoms with E-state index in [1.807, 2.05) is 31.2 Å². The molecule has 0 saturated carbocycles. The highest BCUT2D eigenvalue weighted by Crippen LogP contribution is 2.49. The van der Waals surface area contributed by atoms with Crippen LogP contribution in [-0.4, -0.2) is 85.1 Å². The number of anilines is 4. The number of nitrogens with zero attached hydrogens (tertiary/aromatic N) is 4. The Labute approximate surface area is 389 Å². The van der Waals surface area contributed by atoms with E-state index in [-0.39, 0.29) is 69.7 Å². The van der Waals surface area contributed by atoms with E-state index in [9.17, 15) is 35.6 Å². The molecule has 0 bridgehead atoms. The molecule has 67 heavy (non-hydrogen) atoms. The van der Waals surface area contributed by atoms with E-state index in [4.69, 9.17) is 20.5 Å². The van der Waals surface area contributed by atoms with Gasteiger partial charge in [-0.1, -0.05) is 67.9 Å². The molecular weight excluding hydrogens is 939 g/mol. The van der Waals surface area contributed by atoms with Crippen LogP contribution in [0.25, 0.3) is 22.5 Å². The SMILES string of the molecule is CCOP(=O)(CC)CS(=O)(=O)c1ccc(NC(=O)c2nc(-c3ccc(CCOP(=O)(CC)CS(=O)(=O)c4ccc(NC(=O)c5nc(-c6ccc(C)cc6)cnc5N)cc4)cc3)cnc2N)cc1. The lowest BCUT2D eigenvalue weighted by Crippen LogP contribution is -2.17. The molecule has 0 aliphatic rings. The molecule has 0 fully saturated rings. The number of amides is 2. The number of hydrogen-bond donors (Lipinski definition) is 4. The highest BCUT2D eigenvalue weighted by atomic mass is 32.2. The van der Waals surface area contributed by atoms with Gasteiger partial charge in [0.25, 0.3) is 11.8 Å². The lowest BCUT2D eigenvalue weighted by Gasteiger charge is -2.17. The van der Waals surface area contributed by atoms with E-state index < -0.39 is 57.2 Å². The molecule has 352 valence electrons. The van der Waals surface area contributed by atoms with Crippen molar-refractivity contribution in [1.82, 2.24) is 19.9 Å². The molecule has 2 unspecified atom stereocenters. The van der Waals surface area contributed by atoms with Gasteiger partial charge in [-0.15, -0.1) is 0 Å². The Hall–Kier alpha value is -6.14. The topological polar surface area (TPSA) is 283 Å². The molecule has 0 radical (unpaired) electrons. The number of carbonyl (C=O) groups excluding carboxylic acids is 2. The largest absolute Gasteiger partial charge is 0.382 e. The zero-order valence-electron chi connectivity index (χ0n) is 37.1. The fourth-order valence-electron chi connectivity index (χ4n) is 6.52. The first-order chi connectivity index (χ1) is 31.8. The summed E-state index contributed by atoms with van der Waals surface area (Å²) in [7, 11) is -15.1. The minimum Gasteiger partial charge on any atom is -0.382 e. The molecule has 4 aromatic carbocycles. The van der Waals surface area contributed by atoms with Gasteiger partial charge in [0.15, 0.2) is 42.7 Å². The quantitative estimate of drug-likeness (QED) is 0.0528. The van der Waals surface area contributed by atoms with Crippen LogP contribution in [0.2, 0.25) is 0 Å². The minimum absolute atomic E-state index is 0.0273. The summed E-state index contributed by atoms with van der Waals surface area (Å²) in [4.78, 5) is 43.2. The molecule has 2 aromatic heterocycles. The van der Waals surface area contributed by atoms with Crippen molar-refractivity contribution < 1.29 is 44.6 Å². The van der Waals surface area contributed by atoms with E-state index in [1.54, 1.807) is 45.0 Å². The number of nitrogens with one attached hydrogen (secondary N) is 2. The highest BCUT2D eigenvalue weighted by Gasteiger charge is 2.31. The second kappa shape index (κ2) is 21.2. The van der Waals surface area contributed by atoms with Crippen LogP contribution in [0.3, 0.4) is 0 Å². The summed E-state index contributed by atoms with van der Waals surface area (Å²) in [5, 5.41) is 5.30. The van der Waals surface area contributed by atoms with Crippen LogP contribution < -0.4 is 22.1 Å². The Morgan fingerprint density at radius 2 is 1.00 bits per heavy atom. The van der Waals surface area contributed by atoms with Crippen molar-refractivity contribution in [3.8, 4) is 22.5 Å². The number of benzene rings is 4. The van der Waals surface area contributed by atoms with Gasteiger partial charge < -0.3 is 31.1 Å². The molecule has 6 N–H and O–H groups in total. The maximum absolute atomic E-state index is 13.7. The Bertz CT molecular complexity index is 3090. The van der Waals surface area contributed by atoms with Gasteiger partial charge in [0.2, 0.25) is 14.7 Å². The molecule has 6 aromatic rings. The predicted molar refractivity (Wildman–Crippen MR) is 259 cm³/mol. The molecule has 18 nitrogen and oxygen atoms in total. The average molecular weight is 989 g/mol. The lowest BCUT2D eigenvalue weighted by atomic mass is 10.1. The second-order valence-corrected chi connectivity index (χ2v) is 25.8. The van der Waals surface area contributed by atoms with Crippen LogP contribution in [0.4, 0.5) is 23.0 Å². The molecule has 2 atom stereocenters. The van der Waals surface area contributed by atoms with Gasteiger partial charge >= 0.3 is 0 Å². The summed E-state index contributed by atoms with van der Waals surface area (Å²) in [5.41, 5.74) is 14.9. The first-order valence-electron chi connectivity index (χ1n) is 20.9. The molecule has 22 heteroatoms. The van der Waals surface area contributed by atoms with Crippen LogP contribution >= 0.6 is 14.7 Å². The number of rotatable bonds is 20. The molecule has 0 spiro atoms. The Morgan fingerprint density at radius 3 is 1.40 bits per heavy atom. The van der Waals surface area contributed by atoms with Gasteiger partial charge in [0, 0.05) is 34.8 Å². The van der Waals surface area contributed by atoms with Gasteiger partial charge in [-0.3, -0.25) is 18.7 Å². The number of aromatic nitrogens is 4. The third-order valence-electron chi connectivity index (χ3n) is 10.3. The van der Waals surface area contributed by atoms with Crippen LogP contribution in [0.1, 0.15) is 52.9 Å². The van der Waals surface area contributed by atoms with Gasteiger partial charge in [0.1, 0.15) is 11.0 Å². The third kappa shape index (κ3) is 12.9. The molecule has 2 amide bonds. The first-order valence-corrected chi connectivity index (χ1v) is 28.2. The maximum atomic E-state index is 13.7. The van der Waals surface area contributed by atoms with E-state index in [1.165, 1.54) is 60.9 Å². The van der Waals surface area contributed by atoms with Crippen molar-refractivity contribution in [3.63, 3.8) is 0 Å². The fraction of sp³-hybridized carbons (Fsp3) is 0.244. The van der Waals surface area contributed by atoms with Gasteiger partial charge in [0.05, 0.1) is 46.8 Å². The maximum Gasteiger partial charge on any atom is 0.278 e. The standard InChI is InChI=1S/C45H50N8O10P2S2/c1-5-62-64(56,6-2)28-66(58,59)36-20-16-34(17-21-36)51-45(55)41-43(47)49-27-39(53-41)33-14-10-31(11-15-33)24-25-63-65(57,7-3)29-67(60,61)37-22-18-35(19-23-37)50-44(54)40-42(46)48-26-38(52-40)32-12-8-30(4)9-13-32/h8-23,26-27H,5-7,24-25,28-29H2,1-4H3,(H2,46,48)(H2,47,49)(H,50,54)(H,51,55). The average Bonchev–Trinajstić information content (AvgIpc) is 3.30. The third-order valence-corrected chi connectivity index (χ3v) is 21.5. The van der Waals surface area contributed by atoms with Crippen LogP contribution in [-0.2, 0) is 44.3 Å². The zero-order chi connectivity index (χ0) is 48.6. The normalized spacial score (nSPS) is 13.6. The van der Waals surface area contributed by atoms with Crippen LogP contribution in [0.5, 0.6) is 0 Å². The summed E-state index contributed by atoms with van der Waals surface area (Å²) in [5.74, 6) is -1.54. The fourth-order valence-corrected chi connectivity index (χ4v) is 16.3.